The average Bonchev–Trinajstić information content (AvgIpc) is 2.71. The summed E-state index contributed by atoms with van der Waals surface area (Å²) in [6, 6.07) is 12.0. The Balaban J connectivity index is 2.32. The number of aliphatic hydroxyl groups is 1. The molecule has 0 aliphatic carbocycles. The molecule has 182 valence electrons. The van der Waals surface area contributed by atoms with E-state index in [0.717, 1.165) is 22.3 Å². The topological polar surface area (TPSA) is 63.6 Å². The zero-order valence-corrected chi connectivity index (χ0v) is 20.3. The summed E-state index contributed by atoms with van der Waals surface area (Å²) in [5, 5.41) is 10.4. The smallest absolute Gasteiger partial charge is 0.313 e. The third-order valence-corrected chi connectivity index (χ3v) is 4.87. The molecule has 2 rings (SSSR count). The molecule has 0 aromatic heterocycles. The standard InChI is InChI=1S/C28H32F2O4/c1-18(2)25(15-14-23(31)16-24(32)17-26(33)34-28(3,4)5)27(19-6-10-21(29)11-7-19)20-8-12-22(30)13-9-20/h6-15,18,23,31H,16-17H2,1-5H3/b15-14+. The van der Waals surface area contributed by atoms with Crippen molar-refractivity contribution in [2.24, 2.45) is 5.92 Å². The average molecular weight is 471 g/mol. The number of hydrogen-bond acceptors (Lipinski definition) is 4. The fraction of sp³-hybridized carbons (Fsp3) is 0.357. The molecular weight excluding hydrogens is 438 g/mol. The molecule has 0 spiro atoms. The zero-order valence-electron chi connectivity index (χ0n) is 20.3. The van der Waals surface area contributed by atoms with Gasteiger partial charge in [-0.15, -0.1) is 0 Å². The molecule has 6 heteroatoms. The Labute approximate surface area is 200 Å². The number of aliphatic hydroxyl groups excluding tert-OH is 1. The number of carbonyl (C=O) groups is 2. The first-order chi connectivity index (χ1) is 15.9. The van der Waals surface area contributed by atoms with Crippen molar-refractivity contribution in [2.75, 3.05) is 0 Å². The van der Waals surface area contributed by atoms with Crippen LogP contribution in [0.5, 0.6) is 0 Å². The molecule has 4 nitrogen and oxygen atoms in total. The van der Waals surface area contributed by atoms with Gasteiger partial charge in [-0.1, -0.05) is 50.3 Å². The highest BCUT2D eigenvalue weighted by atomic mass is 19.1. The number of esters is 1. The van der Waals surface area contributed by atoms with Gasteiger partial charge in [0.2, 0.25) is 0 Å². The van der Waals surface area contributed by atoms with Gasteiger partial charge in [0.05, 0.1) is 6.10 Å². The molecule has 1 atom stereocenters. The molecule has 0 bridgehead atoms. The number of ketones is 1. The van der Waals surface area contributed by atoms with E-state index >= 15 is 0 Å². The Kier molecular flexibility index (Phi) is 9.45. The molecule has 0 amide bonds. The SMILES string of the molecule is CC(C)C(/C=C/C(O)CC(=O)CC(=O)OC(C)(C)C)=C(c1ccc(F)cc1)c1ccc(F)cc1. The van der Waals surface area contributed by atoms with E-state index in [9.17, 15) is 23.5 Å². The number of Topliss-reactive ketones (excluding diaryl/α,β-unsaturated/α-hetero) is 1. The molecular formula is C28H32F2O4. The van der Waals surface area contributed by atoms with Crippen molar-refractivity contribution in [1.82, 2.24) is 0 Å². The van der Waals surface area contributed by atoms with Gasteiger partial charge in [-0.05, 0) is 73.2 Å². The van der Waals surface area contributed by atoms with E-state index in [0.29, 0.717) is 0 Å². The first-order valence-electron chi connectivity index (χ1n) is 11.2. The van der Waals surface area contributed by atoms with Crippen molar-refractivity contribution in [3.05, 3.63) is 89.0 Å². The number of hydrogen-bond donors (Lipinski definition) is 1. The van der Waals surface area contributed by atoms with E-state index in [2.05, 4.69) is 0 Å². The van der Waals surface area contributed by atoms with Crippen LogP contribution in [0.15, 0.2) is 66.3 Å². The largest absolute Gasteiger partial charge is 0.460 e. The minimum Gasteiger partial charge on any atom is -0.460 e. The molecule has 2 aromatic carbocycles. The molecule has 2 aromatic rings. The maximum absolute atomic E-state index is 13.5. The maximum atomic E-state index is 13.5. The molecule has 0 aliphatic heterocycles. The fourth-order valence-corrected chi connectivity index (χ4v) is 3.42. The van der Waals surface area contributed by atoms with Crippen molar-refractivity contribution in [1.29, 1.82) is 0 Å². The van der Waals surface area contributed by atoms with Crippen LogP contribution in [0.4, 0.5) is 8.78 Å². The van der Waals surface area contributed by atoms with Crippen molar-refractivity contribution in [2.45, 2.75) is 59.2 Å². The number of allylic oxidation sites excluding steroid dienone is 2. The van der Waals surface area contributed by atoms with Crippen molar-refractivity contribution in [3.8, 4) is 0 Å². The number of benzene rings is 2. The van der Waals surface area contributed by atoms with E-state index < -0.39 is 29.9 Å². The van der Waals surface area contributed by atoms with Crippen LogP contribution >= 0.6 is 0 Å². The van der Waals surface area contributed by atoms with Gasteiger partial charge in [0.15, 0.2) is 0 Å². The summed E-state index contributed by atoms with van der Waals surface area (Å²) >= 11 is 0. The van der Waals surface area contributed by atoms with Crippen LogP contribution in [0.25, 0.3) is 5.57 Å². The van der Waals surface area contributed by atoms with Gasteiger partial charge in [0.25, 0.3) is 0 Å². The molecule has 0 saturated carbocycles. The van der Waals surface area contributed by atoms with Crippen LogP contribution in [0.3, 0.4) is 0 Å². The summed E-state index contributed by atoms with van der Waals surface area (Å²) in [4.78, 5) is 24.0. The number of halogens is 2. The van der Waals surface area contributed by atoms with Crippen LogP contribution in [0, 0.1) is 17.6 Å². The highest BCUT2D eigenvalue weighted by molar-refractivity contribution is 5.96. The van der Waals surface area contributed by atoms with Crippen LogP contribution in [0.2, 0.25) is 0 Å². The quantitative estimate of drug-likeness (QED) is 0.276. The van der Waals surface area contributed by atoms with E-state index in [1.54, 1.807) is 51.1 Å². The van der Waals surface area contributed by atoms with Gasteiger partial charge in [0, 0.05) is 6.42 Å². The van der Waals surface area contributed by atoms with Crippen LogP contribution in [-0.2, 0) is 14.3 Å². The third kappa shape index (κ3) is 8.67. The molecule has 0 saturated heterocycles. The summed E-state index contributed by atoms with van der Waals surface area (Å²) in [7, 11) is 0. The number of ether oxygens (including phenoxy) is 1. The lowest BCUT2D eigenvalue weighted by molar-refractivity contribution is -0.156. The normalized spacial score (nSPS) is 12.6. The fourth-order valence-electron chi connectivity index (χ4n) is 3.42. The minimum absolute atomic E-state index is 0.00831. The van der Waals surface area contributed by atoms with Crippen molar-refractivity contribution in [3.63, 3.8) is 0 Å². The summed E-state index contributed by atoms with van der Waals surface area (Å²) in [6.07, 6.45) is 1.47. The second kappa shape index (κ2) is 11.8. The zero-order chi connectivity index (χ0) is 25.5. The number of rotatable bonds is 9. The lowest BCUT2D eigenvalue weighted by atomic mass is 9.87. The summed E-state index contributed by atoms with van der Waals surface area (Å²) in [5.41, 5.74) is 2.35. The molecule has 0 fully saturated rings. The molecule has 0 radical (unpaired) electrons. The maximum Gasteiger partial charge on any atom is 0.313 e. The summed E-state index contributed by atoms with van der Waals surface area (Å²) < 4.78 is 32.2. The summed E-state index contributed by atoms with van der Waals surface area (Å²) in [6.45, 7) is 9.07. The van der Waals surface area contributed by atoms with Crippen LogP contribution < -0.4 is 0 Å². The Bertz CT molecular complexity index is 996. The predicted octanol–water partition coefficient (Wildman–Crippen LogP) is 6.03. The Hall–Kier alpha value is -3.12. The lowest BCUT2D eigenvalue weighted by Crippen LogP contribution is -2.26. The second-order valence-corrected chi connectivity index (χ2v) is 9.43. The monoisotopic (exact) mass is 470 g/mol. The summed E-state index contributed by atoms with van der Waals surface area (Å²) in [5.74, 6) is -1.82. The van der Waals surface area contributed by atoms with Crippen LogP contribution in [-0.4, -0.2) is 28.6 Å². The predicted molar refractivity (Wildman–Crippen MR) is 129 cm³/mol. The van der Waals surface area contributed by atoms with Gasteiger partial charge < -0.3 is 9.84 Å². The van der Waals surface area contributed by atoms with Gasteiger partial charge in [-0.25, -0.2) is 8.78 Å². The molecule has 1 unspecified atom stereocenters. The Morgan fingerprint density at radius 2 is 1.41 bits per heavy atom. The number of carbonyl (C=O) groups excluding carboxylic acids is 2. The highest BCUT2D eigenvalue weighted by Crippen LogP contribution is 2.32. The minimum atomic E-state index is -1.11. The highest BCUT2D eigenvalue weighted by Gasteiger charge is 2.20. The van der Waals surface area contributed by atoms with Crippen molar-refractivity contribution >= 4 is 17.3 Å². The van der Waals surface area contributed by atoms with Gasteiger partial charge in [0.1, 0.15) is 29.4 Å². The molecule has 0 heterocycles. The van der Waals surface area contributed by atoms with Gasteiger partial charge in [-0.3, -0.25) is 9.59 Å². The molecule has 0 aliphatic rings. The lowest BCUT2D eigenvalue weighted by Gasteiger charge is -2.19. The first-order valence-corrected chi connectivity index (χ1v) is 11.2. The van der Waals surface area contributed by atoms with Crippen molar-refractivity contribution < 1.29 is 28.2 Å². The van der Waals surface area contributed by atoms with E-state index in [1.807, 2.05) is 13.8 Å². The molecule has 1 N–H and O–H groups in total. The molecule has 34 heavy (non-hydrogen) atoms. The first kappa shape index (κ1) is 27.1. The van der Waals surface area contributed by atoms with E-state index in [4.69, 9.17) is 4.74 Å². The van der Waals surface area contributed by atoms with E-state index in [-0.39, 0.29) is 24.0 Å². The van der Waals surface area contributed by atoms with E-state index in [1.165, 1.54) is 30.3 Å². The Morgan fingerprint density at radius 3 is 1.82 bits per heavy atom. The van der Waals surface area contributed by atoms with Crippen LogP contribution in [0.1, 0.15) is 58.6 Å². The van der Waals surface area contributed by atoms with Gasteiger partial charge in [-0.2, -0.15) is 0 Å². The second-order valence-electron chi connectivity index (χ2n) is 9.43. The Morgan fingerprint density at radius 1 is 0.941 bits per heavy atom. The third-order valence-electron chi connectivity index (χ3n) is 4.87. The van der Waals surface area contributed by atoms with Gasteiger partial charge >= 0.3 is 5.97 Å².